The standard InChI is InChI=1S/C14H23N3O/c1-5-17(10-14(18)16(4)11(2)3)13-9-7-6-8-12(13)15/h6-9,11H,5,10,15H2,1-4H3. The van der Waals surface area contributed by atoms with Crippen molar-refractivity contribution in [2.75, 3.05) is 30.8 Å². The molecule has 0 aliphatic carbocycles. The van der Waals surface area contributed by atoms with E-state index in [1.165, 1.54) is 0 Å². The van der Waals surface area contributed by atoms with Gasteiger partial charge in [0, 0.05) is 19.6 Å². The number of carbonyl (C=O) groups excluding carboxylic acids is 1. The van der Waals surface area contributed by atoms with Crippen LogP contribution in [0.1, 0.15) is 20.8 Å². The van der Waals surface area contributed by atoms with Crippen LogP contribution in [0.3, 0.4) is 0 Å². The van der Waals surface area contributed by atoms with Crippen molar-refractivity contribution in [3.63, 3.8) is 0 Å². The number of hydrogen-bond donors (Lipinski definition) is 1. The molecular formula is C14H23N3O. The molecule has 100 valence electrons. The number of likely N-dealkylation sites (N-methyl/N-ethyl adjacent to an activating group) is 2. The summed E-state index contributed by atoms with van der Waals surface area (Å²) in [4.78, 5) is 15.8. The largest absolute Gasteiger partial charge is 0.397 e. The predicted octanol–water partition coefficient (Wildman–Crippen LogP) is 1.96. The van der Waals surface area contributed by atoms with Crippen LogP contribution >= 0.6 is 0 Å². The Labute approximate surface area is 109 Å². The van der Waals surface area contributed by atoms with Gasteiger partial charge < -0.3 is 15.5 Å². The minimum absolute atomic E-state index is 0.107. The van der Waals surface area contributed by atoms with Crippen LogP contribution < -0.4 is 10.6 Å². The Kier molecular flexibility index (Phi) is 5.01. The molecule has 1 rings (SSSR count). The van der Waals surface area contributed by atoms with Crippen LogP contribution in [-0.2, 0) is 4.79 Å². The molecule has 0 atom stereocenters. The van der Waals surface area contributed by atoms with Crippen molar-refractivity contribution in [1.82, 2.24) is 4.90 Å². The van der Waals surface area contributed by atoms with Crippen molar-refractivity contribution in [3.8, 4) is 0 Å². The van der Waals surface area contributed by atoms with Crippen LogP contribution in [0.25, 0.3) is 0 Å². The molecule has 0 fully saturated rings. The SMILES string of the molecule is CCN(CC(=O)N(C)C(C)C)c1ccccc1N. The predicted molar refractivity (Wildman–Crippen MR) is 76.6 cm³/mol. The molecule has 0 aromatic heterocycles. The maximum absolute atomic E-state index is 12.1. The average molecular weight is 249 g/mol. The third kappa shape index (κ3) is 3.39. The first-order valence-corrected chi connectivity index (χ1v) is 6.32. The molecule has 1 amide bonds. The van der Waals surface area contributed by atoms with E-state index in [2.05, 4.69) is 0 Å². The number of amides is 1. The van der Waals surface area contributed by atoms with Gasteiger partial charge in [-0.15, -0.1) is 0 Å². The third-order valence-corrected chi connectivity index (χ3v) is 3.15. The fourth-order valence-corrected chi connectivity index (χ4v) is 1.71. The highest BCUT2D eigenvalue weighted by atomic mass is 16.2. The van der Waals surface area contributed by atoms with Crippen LogP contribution in [0.5, 0.6) is 0 Å². The number of nitrogen functional groups attached to an aromatic ring is 1. The minimum Gasteiger partial charge on any atom is -0.397 e. The van der Waals surface area contributed by atoms with Gasteiger partial charge in [-0.25, -0.2) is 0 Å². The maximum Gasteiger partial charge on any atom is 0.242 e. The molecule has 1 aromatic rings. The Bertz CT molecular complexity index is 404. The summed E-state index contributed by atoms with van der Waals surface area (Å²) in [5, 5.41) is 0. The fraction of sp³-hybridized carbons (Fsp3) is 0.500. The van der Waals surface area contributed by atoms with Gasteiger partial charge in [0.2, 0.25) is 5.91 Å². The highest BCUT2D eigenvalue weighted by Crippen LogP contribution is 2.22. The number of rotatable bonds is 5. The molecule has 4 heteroatoms. The Morgan fingerprint density at radius 3 is 2.44 bits per heavy atom. The van der Waals surface area contributed by atoms with Gasteiger partial charge in [-0.3, -0.25) is 4.79 Å². The lowest BCUT2D eigenvalue weighted by Gasteiger charge is -2.28. The van der Waals surface area contributed by atoms with E-state index < -0.39 is 0 Å². The van der Waals surface area contributed by atoms with E-state index in [9.17, 15) is 4.79 Å². The molecule has 4 nitrogen and oxygen atoms in total. The number of anilines is 2. The number of benzene rings is 1. The zero-order valence-corrected chi connectivity index (χ0v) is 11.7. The molecule has 0 bridgehead atoms. The number of carbonyl (C=O) groups is 1. The first kappa shape index (κ1) is 14.4. The molecule has 0 heterocycles. The summed E-state index contributed by atoms with van der Waals surface area (Å²) in [7, 11) is 1.83. The van der Waals surface area contributed by atoms with E-state index in [1.54, 1.807) is 4.90 Å². The van der Waals surface area contributed by atoms with Gasteiger partial charge in [0.05, 0.1) is 17.9 Å². The van der Waals surface area contributed by atoms with Crippen molar-refractivity contribution in [1.29, 1.82) is 0 Å². The normalized spacial score (nSPS) is 10.5. The van der Waals surface area contributed by atoms with Gasteiger partial charge in [-0.1, -0.05) is 12.1 Å². The molecule has 18 heavy (non-hydrogen) atoms. The van der Waals surface area contributed by atoms with Gasteiger partial charge in [0.1, 0.15) is 0 Å². The topological polar surface area (TPSA) is 49.6 Å². The van der Waals surface area contributed by atoms with Crippen molar-refractivity contribution in [2.24, 2.45) is 0 Å². The van der Waals surface area contributed by atoms with E-state index in [4.69, 9.17) is 5.73 Å². The third-order valence-electron chi connectivity index (χ3n) is 3.15. The summed E-state index contributed by atoms with van der Waals surface area (Å²) in [6.45, 7) is 7.15. The molecule has 0 saturated heterocycles. The van der Waals surface area contributed by atoms with Gasteiger partial charge in [0.15, 0.2) is 0 Å². The first-order valence-electron chi connectivity index (χ1n) is 6.32. The highest BCUT2D eigenvalue weighted by molar-refractivity contribution is 5.83. The number of hydrogen-bond acceptors (Lipinski definition) is 3. The Morgan fingerprint density at radius 2 is 1.94 bits per heavy atom. The number of para-hydroxylation sites is 2. The summed E-state index contributed by atoms with van der Waals surface area (Å²) in [6, 6.07) is 7.85. The summed E-state index contributed by atoms with van der Waals surface area (Å²) in [5.41, 5.74) is 7.57. The first-order chi connectivity index (χ1) is 8.47. The lowest BCUT2D eigenvalue weighted by molar-refractivity contribution is -0.129. The van der Waals surface area contributed by atoms with E-state index >= 15 is 0 Å². The Morgan fingerprint density at radius 1 is 1.33 bits per heavy atom. The molecule has 0 aliphatic heterocycles. The van der Waals surface area contributed by atoms with E-state index in [-0.39, 0.29) is 11.9 Å². The molecular weight excluding hydrogens is 226 g/mol. The van der Waals surface area contributed by atoms with E-state index in [1.807, 2.05) is 57.0 Å². The van der Waals surface area contributed by atoms with Crippen molar-refractivity contribution >= 4 is 17.3 Å². The summed E-state index contributed by atoms with van der Waals surface area (Å²) in [6.07, 6.45) is 0. The second-order valence-corrected chi connectivity index (χ2v) is 4.67. The number of nitrogens with zero attached hydrogens (tertiary/aromatic N) is 2. The molecule has 0 spiro atoms. The van der Waals surface area contributed by atoms with E-state index in [0.29, 0.717) is 12.2 Å². The zero-order chi connectivity index (χ0) is 13.7. The van der Waals surface area contributed by atoms with E-state index in [0.717, 1.165) is 12.2 Å². The van der Waals surface area contributed by atoms with Crippen molar-refractivity contribution in [2.45, 2.75) is 26.8 Å². The zero-order valence-electron chi connectivity index (χ0n) is 11.7. The smallest absolute Gasteiger partial charge is 0.242 e. The average Bonchev–Trinajstić information content (AvgIpc) is 2.35. The second kappa shape index (κ2) is 6.28. The highest BCUT2D eigenvalue weighted by Gasteiger charge is 2.16. The molecule has 0 unspecified atom stereocenters. The fourth-order valence-electron chi connectivity index (χ4n) is 1.71. The molecule has 0 aliphatic rings. The molecule has 0 radical (unpaired) electrons. The second-order valence-electron chi connectivity index (χ2n) is 4.67. The van der Waals surface area contributed by atoms with Crippen molar-refractivity contribution < 1.29 is 4.79 Å². The van der Waals surface area contributed by atoms with Crippen LogP contribution in [-0.4, -0.2) is 37.0 Å². The van der Waals surface area contributed by atoms with Gasteiger partial charge >= 0.3 is 0 Å². The van der Waals surface area contributed by atoms with Crippen LogP contribution in [0.15, 0.2) is 24.3 Å². The van der Waals surface area contributed by atoms with Crippen molar-refractivity contribution in [3.05, 3.63) is 24.3 Å². The lowest BCUT2D eigenvalue weighted by atomic mass is 10.2. The maximum atomic E-state index is 12.1. The Balaban J connectivity index is 2.80. The Hall–Kier alpha value is -1.71. The summed E-state index contributed by atoms with van der Waals surface area (Å²) < 4.78 is 0. The molecule has 0 saturated carbocycles. The summed E-state index contributed by atoms with van der Waals surface area (Å²) >= 11 is 0. The molecule has 1 aromatic carbocycles. The molecule has 2 N–H and O–H groups in total. The van der Waals surface area contributed by atoms with Crippen LogP contribution in [0.2, 0.25) is 0 Å². The summed E-state index contributed by atoms with van der Waals surface area (Å²) in [5.74, 6) is 0.107. The lowest BCUT2D eigenvalue weighted by Crippen LogP contribution is -2.41. The quantitative estimate of drug-likeness (QED) is 0.812. The van der Waals surface area contributed by atoms with Crippen LogP contribution in [0.4, 0.5) is 11.4 Å². The van der Waals surface area contributed by atoms with Crippen LogP contribution in [0, 0.1) is 0 Å². The number of nitrogens with two attached hydrogens (primary N) is 1. The van der Waals surface area contributed by atoms with Gasteiger partial charge in [-0.05, 0) is 32.9 Å². The van der Waals surface area contributed by atoms with Gasteiger partial charge in [-0.2, -0.15) is 0 Å². The monoisotopic (exact) mass is 249 g/mol. The van der Waals surface area contributed by atoms with Gasteiger partial charge in [0.25, 0.3) is 0 Å². The minimum atomic E-state index is 0.107.